The van der Waals surface area contributed by atoms with Crippen LogP contribution in [0.15, 0.2) is 0 Å². The molecule has 2 nitrogen and oxygen atoms in total. The highest BCUT2D eigenvalue weighted by molar-refractivity contribution is 4.95. The first kappa shape index (κ1) is 29.9. The highest BCUT2D eigenvalue weighted by Crippen LogP contribution is 2.51. The van der Waals surface area contributed by atoms with E-state index < -0.39 is 0 Å². The van der Waals surface area contributed by atoms with Gasteiger partial charge in [0.25, 0.3) is 0 Å². The molecule has 182 valence electrons. The van der Waals surface area contributed by atoms with Crippen LogP contribution in [0.5, 0.6) is 0 Å². The maximum atomic E-state index is 6.82. The molecule has 0 heterocycles. The lowest BCUT2D eigenvalue weighted by Gasteiger charge is -2.51. The van der Waals surface area contributed by atoms with Gasteiger partial charge in [0.1, 0.15) is 0 Å². The summed E-state index contributed by atoms with van der Waals surface area (Å²) in [5.41, 5.74) is 0.170. The molecule has 0 radical (unpaired) electrons. The van der Waals surface area contributed by atoms with Crippen LogP contribution in [0.4, 0.5) is 0 Å². The second-order valence-electron chi connectivity index (χ2n) is 9.56. The van der Waals surface area contributed by atoms with E-state index in [1.165, 1.54) is 96.3 Å². The number of unbranched alkanes of at least 4 members (excludes halogenated alkanes) is 8. The zero-order valence-electron chi connectivity index (χ0n) is 22.0. The van der Waals surface area contributed by atoms with Gasteiger partial charge in [-0.3, -0.25) is 0 Å². The van der Waals surface area contributed by atoms with Crippen molar-refractivity contribution in [1.82, 2.24) is 0 Å². The van der Waals surface area contributed by atoms with Crippen molar-refractivity contribution < 1.29 is 9.47 Å². The van der Waals surface area contributed by atoms with E-state index in [0.29, 0.717) is 0 Å². The molecule has 0 unspecified atom stereocenters. The van der Waals surface area contributed by atoms with Crippen LogP contribution in [-0.2, 0) is 9.47 Å². The first-order chi connectivity index (χ1) is 14.6. The van der Waals surface area contributed by atoms with Crippen molar-refractivity contribution in [3.8, 4) is 0 Å². The first-order valence-electron chi connectivity index (χ1n) is 13.9. The van der Waals surface area contributed by atoms with Crippen LogP contribution in [0, 0.1) is 5.41 Å². The third-order valence-electron chi connectivity index (χ3n) is 6.77. The predicted octanol–water partition coefficient (Wildman–Crippen LogP) is 9.84. The van der Waals surface area contributed by atoms with Gasteiger partial charge >= 0.3 is 0 Å². The maximum Gasteiger partial charge on any atom is 0.173 e. The molecule has 0 fully saturated rings. The Morgan fingerprint density at radius 1 is 0.400 bits per heavy atom. The summed E-state index contributed by atoms with van der Waals surface area (Å²) in [4.78, 5) is 0. The van der Waals surface area contributed by atoms with E-state index in [1.807, 2.05) is 0 Å². The maximum absolute atomic E-state index is 6.82. The van der Waals surface area contributed by atoms with Crippen LogP contribution >= 0.6 is 0 Å². The number of rotatable bonds is 23. The number of hydrogen-bond acceptors (Lipinski definition) is 2. The van der Waals surface area contributed by atoms with Crippen LogP contribution in [0.1, 0.15) is 157 Å². The summed E-state index contributed by atoms with van der Waals surface area (Å²) in [5, 5.41) is 0. The van der Waals surface area contributed by atoms with E-state index in [9.17, 15) is 0 Å². The summed E-state index contributed by atoms with van der Waals surface area (Å²) in [7, 11) is 0. The predicted molar refractivity (Wildman–Crippen MR) is 134 cm³/mol. The molecule has 0 saturated heterocycles. The van der Waals surface area contributed by atoms with Gasteiger partial charge in [-0.25, -0.2) is 0 Å². The van der Waals surface area contributed by atoms with E-state index in [2.05, 4.69) is 41.5 Å². The third-order valence-corrected chi connectivity index (χ3v) is 6.77. The average molecular weight is 427 g/mol. The Morgan fingerprint density at radius 3 is 1.27 bits per heavy atom. The quantitative estimate of drug-likeness (QED) is 0.119. The summed E-state index contributed by atoms with van der Waals surface area (Å²) < 4.78 is 13.6. The molecule has 2 heteroatoms. The van der Waals surface area contributed by atoms with Crippen molar-refractivity contribution in [3.63, 3.8) is 0 Å². The first-order valence-corrected chi connectivity index (χ1v) is 13.9. The molecule has 0 saturated carbocycles. The van der Waals surface area contributed by atoms with Crippen molar-refractivity contribution in [2.75, 3.05) is 13.2 Å². The van der Waals surface area contributed by atoms with Crippen molar-refractivity contribution in [3.05, 3.63) is 0 Å². The van der Waals surface area contributed by atoms with Crippen LogP contribution in [0.2, 0.25) is 0 Å². The molecule has 30 heavy (non-hydrogen) atoms. The number of ether oxygens (including phenoxy) is 2. The number of hydrogen-bond donors (Lipinski definition) is 0. The smallest absolute Gasteiger partial charge is 0.173 e. The largest absolute Gasteiger partial charge is 0.349 e. The van der Waals surface area contributed by atoms with Gasteiger partial charge in [-0.15, -0.1) is 0 Å². The summed E-state index contributed by atoms with van der Waals surface area (Å²) >= 11 is 0. The normalized spacial score (nSPS) is 12.6. The molecule has 0 amide bonds. The Balaban J connectivity index is 5.80. The van der Waals surface area contributed by atoms with Gasteiger partial charge in [-0.1, -0.05) is 112 Å². The molecular weight excluding hydrogens is 368 g/mol. The van der Waals surface area contributed by atoms with Crippen molar-refractivity contribution in [2.45, 2.75) is 163 Å². The summed E-state index contributed by atoms with van der Waals surface area (Å²) in [6.07, 6.45) is 22.7. The topological polar surface area (TPSA) is 18.5 Å². The lowest BCUT2D eigenvalue weighted by molar-refractivity contribution is -0.311. The second-order valence-corrected chi connectivity index (χ2v) is 9.56. The second kappa shape index (κ2) is 19.6. The molecule has 0 aliphatic rings. The summed E-state index contributed by atoms with van der Waals surface area (Å²) in [5.74, 6) is -0.386. The van der Waals surface area contributed by atoms with Gasteiger partial charge in [-0.05, 0) is 38.5 Å². The fraction of sp³-hybridized carbons (Fsp3) is 1.00. The van der Waals surface area contributed by atoms with Crippen molar-refractivity contribution >= 4 is 0 Å². The molecule has 0 aromatic heterocycles. The van der Waals surface area contributed by atoms with Gasteiger partial charge in [0.2, 0.25) is 0 Å². The Morgan fingerprint density at radius 2 is 0.800 bits per heavy atom. The Labute approximate surface area is 191 Å². The highest BCUT2D eigenvalue weighted by Gasteiger charge is 2.51. The molecule has 0 rings (SSSR count). The highest BCUT2D eigenvalue weighted by atomic mass is 16.7. The Kier molecular flexibility index (Phi) is 19.5. The zero-order chi connectivity index (χ0) is 22.6. The lowest BCUT2D eigenvalue weighted by atomic mass is 9.66. The van der Waals surface area contributed by atoms with Crippen LogP contribution in [0.25, 0.3) is 0 Å². The lowest BCUT2D eigenvalue weighted by Crippen LogP contribution is -2.53. The molecule has 0 bridgehead atoms. The van der Waals surface area contributed by atoms with Gasteiger partial charge < -0.3 is 9.47 Å². The minimum absolute atomic E-state index is 0.170. The van der Waals surface area contributed by atoms with Gasteiger partial charge in [0.05, 0.1) is 0 Å². The summed E-state index contributed by atoms with van der Waals surface area (Å²) in [6, 6.07) is 0. The molecule has 0 atom stereocenters. The minimum Gasteiger partial charge on any atom is -0.349 e. The van der Waals surface area contributed by atoms with Crippen molar-refractivity contribution in [1.29, 1.82) is 0 Å². The van der Waals surface area contributed by atoms with Gasteiger partial charge in [0.15, 0.2) is 5.79 Å². The molecular formula is C28H58O2. The fourth-order valence-electron chi connectivity index (χ4n) is 4.92. The van der Waals surface area contributed by atoms with E-state index in [0.717, 1.165) is 32.5 Å². The monoisotopic (exact) mass is 426 g/mol. The van der Waals surface area contributed by atoms with Crippen LogP contribution in [0.3, 0.4) is 0 Å². The van der Waals surface area contributed by atoms with E-state index >= 15 is 0 Å². The molecule has 0 N–H and O–H groups in total. The Bertz CT molecular complexity index is 323. The molecule has 0 spiro atoms. The van der Waals surface area contributed by atoms with Crippen molar-refractivity contribution in [2.24, 2.45) is 5.41 Å². The SMILES string of the molecule is CCCCCCCCC(CCCC)(CCCC)C(CCCC)(OCCC)OCCC. The molecule has 0 aromatic rings. The van der Waals surface area contributed by atoms with E-state index in [-0.39, 0.29) is 11.2 Å². The van der Waals surface area contributed by atoms with E-state index in [1.54, 1.807) is 0 Å². The minimum atomic E-state index is -0.386. The van der Waals surface area contributed by atoms with Crippen LogP contribution < -0.4 is 0 Å². The molecule has 0 aliphatic heterocycles. The van der Waals surface area contributed by atoms with E-state index in [4.69, 9.17) is 9.47 Å². The average Bonchev–Trinajstić information content (AvgIpc) is 2.77. The van der Waals surface area contributed by atoms with Gasteiger partial charge in [-0.2, -0.15) is 0 Å². The summed E-state index contributed by atoms with van der Waals surface area (Å²) in [6.45, 7) is 15.4. The Hall–Kier alpha value is -0.0800. The fourth-order valence-corrected chi connectivity index (χ4v) is 4.92. The zero-order valence-corrected chi connectivity index (χ0v) is 22.0. The third kappa shape index (κ3) is 11.0. The van der Waals surface area contributed by atoms with Gasteiger partial charge in [0, 0.05) is 25.0 Å². The standard InChI is InChI=1S/C28H58O2/c1-7-13-17-18-19-20-23-27(21-14-8-2,22-15-9-3)28(24-16-10-4,29-25-11-5)30-26-12-6/h7-26H2,1-6H3. The molecule has 0 aliphatic carbocycles. The molecule has 0 aromatic carbocycles. The van der Waals surface area contributed by atoms with Crippen LogP contribution in [-0.4, -0.2) is 19.0 Å².